The topological polar surface area (TPSA) is 28.7 Å². The molecule has 2 heteroatoms. The van der Waals surface area contributed by atoms with Crippen molar-refractivity contribution in [3.8, 4) is 0 Å². The summed E-state index contributed by atoms with van der Waals surface area (Å²) in [5.41, 5.74) is 4.95. The normalized spacial score (nSPS) is 11.5. The molecule has 14 heavy (non-hydrogen) atoms. The Morgan fingerprint density at radius 1 is 1.21 bits per heavy atom. The summed E-state index contributed by atoms with van der Waals surface area (Å²) in [6.07, 6.45) is 0. The summed E-state index contributed by atoms with van der Waals surface area (Å²) in [4.78, 5) is 0. The highest BCUT2D eigenvalue weighted by Crippen LogP contribution is 2.28. The minimum Gasteiger partial charge on any atom is -0.277 e. The second kappa shape index (κ2) is 3.12. The molecule has 0 aliphatic heterocycles. The molecule has 0 aliphatic rings. The lowest BCUT2D eigenvalue weighted by Gasteiger charge is -2.08. The van der Waals surface area contributed by atoms with Gasteiger partial charge in [0, 0.05) is 5.39 Å². The molecule has 0 amide bonds. The second-order valence-corrected chi connectivity index (χ2v) is 4.19. The van der Waals surface area contributed by atoms with Crippen LogP contribution in [0.3, 0.4) is 0 Å². The minimum atomic E-state index is 0.550. The number of benzene rings is 1. The lowest BCUT2D eigenvalue weighted by Crippen LogP contribution is -1.90. The Bertz CT molecular complexity index is 466. The lowest BCUT2D eigenvalue weighted by molar-refractivity contribution is 0.875. The van der Waals surface area contributed by atoms with E-state index >= 15 is 0 Å². The fraction of sp³-hybridized carbons (Fsp3) is 0.417. The number of hydrogen-bond donors (Lipinski definition) is 1. The van der Waals surface area contributed by atoms with E-state index in [9.17, 15) is 0 Å². The molecule has 1 aromatic carbocycles. The average molecular weight is 188 g/mol. The first-order chi connectivity index (χ1) is 6.61. The van der Waals surface area contributed by atoms with Crippen molar-refractivity contribution >= 4 is 10.9 Å². The molecule has 1 aromatic heterocycles. The van der Waals surface area contributed by atoms with Gasteiger partial charge in [0.2, 0.25) is 0 Å². The Kier molecular flexibility index (Phi) is 2.06. The second-order valence-electron chi connectivity index (χ2n) is 4.19. The summed E-state index contributed by atoms with van der Waals surface area (Å²) < 4.78 is 0. The van der Waals surface area contributed by atoms with E-state index in [0.717, 1.165) is 5.69 Å². The van der Waals surface area contributed by atoms with Crippen LogP contribution in [0.1, 0.15) is 36.6 Å². The monoisotopic (exact) mass is 188 g/mol. The molecule has 2 rings (SSSR count). The highest BCUT2D eigenvalue weighted by atomic mass is 15.1. The van der Waals surface area contributed by atoms with Crippen molar-refractivity contribution in [2.24, 2.45) is 0 Å². The van der Waals surface area contributed by atoms with Crippen molar-refractivity contribution in [2.75, 3.05) is 0 Å². The van der Waals surface area contributed by atoms with Crippen LogP contribution in [0.25, 0.3) is 10.9 Å². The molecule has 74 valence electrons. The van der Waals surface area contributed by atoms with Crippen molar-refractivity contribution in [1.29, 1.82) is 0 Å². The minimum absolute atomic E-state index is 0.550. The van der Waals surface area contributed by atoms with Crippen LogP contribution in [0.4, 0.5) is 0 Å². The van der Waals surface area contributed by atoms with Gasteiger partial charge in [0.25, 0.3) is 0 Å². The van der Waals surface area contributed by atoms with Crippen molar-refractivity contribution in [3.63, 3.8) is 0 Å². The summed E-state index contributed by atoms with van der Waals surface area (Å²) in [5, 5.41) is 8.68. The third-order valence-corrected chi connectivity index (χ3v) is 2.77. The van der Waals surface area contributed by atoms with E-state index in [1.54, 1.807) is 0 Å². The van der Waals surface area contributed by atoms with Gasteiger partial charge in [-0.15, -0.1) is 0 Å². The fourth-order valence-corrected chi connectivity index (χ4v) is 1.93. The van der Waals surface area contributed by atoms with Crippen LogP contribution in [0.2, 0.25) is 0 Å². The van der Waals surface area contributed by atoms with Gasteiger partial charge in [0.05, 0.1) is 11.2 Å². The predicted molar refractivity (Wildman–Crippen MR) is 59.7 cm³/mol. The van der Waals surface area contributed by atoms with Gasteiger partial charge in [-0.2, -0.15) is 5.10 Å². The van der Waals surface area contributed by atoms with E-state index in [0.29, 0.717) is 5.92 Å². The SMILES string of the molecule is Cc1ccc(C(C)C)c2c(C)n[nH]c12. The smallest absolute Gasteiger partial charge is 0.0685 e. The number of nitrogens with one attached hydrogen (secondary N) is 1. The number of H-pyrrole nitrogens is 1. The fourth-order valence-electron chi connectivity index (χ4n) is 1.93. The van der Waals surface area contributed by atoms with Gasteiger partial charge < -0.3 is 0 Å². The number of aromatic amines is 1. The van der Waals surface area contributed by atoms with Gasteiger partial charge in [-0.1, -0.05) is 26.0 Å². The lowest BCUT2D eigenvalue weighted by atomic mass is 9.96. The van der Waals surface area contributed by atoms with Gasteiger partial charge in [-0.3, -0.25) is 5.10 Å². The van der Waals surface area contributed by atoms with Gasteiger partial charge >= 0.3 is 0 Å². The highest BCUT2D eigenvalue weighted by molar-refractivity contribution is 5.87. The number of rotatable bonds is 1. The Balaban J connectivity index is 2.85. The molecule has 1 N–H and O–H groups in total. The van der Waals surface area contributed by atoms with E-state index in [4.69, 9.17) is 0 Å². The Hall–Kier alpha value is -1.31. The van der Waals surface area contributed by atoms with Crippen molar-refractivity contribution in [1.82, 2.24) is 10.2 Å². The van der Waals surface area contributed by atoms with Crippen molar-refractivity contribution in [2.45, 2.75) is 33.6 Å². The molecule has 2 aromatic rings. The van der Waals surface area contributed by atoms with Crippen LogP contribution in [-0.2, 0) is 0 Å². The maximum atomic E-state index is 4.27. The number of aromatic nitrogens is 2. The molecule has 0 unspecified atom stereocenters. The van der Waals surface area contributed by atoms with Crippen LogP contribution in [0.5, 0.6) is 0 Å². The van der Waals surface area contributed by atoms with E-state index in [1.165, 1.54) is 22.0 Å². The first kappa shape index (κ1) is 9.25. The first-order valence-corrected chi connectivity index (χ1v) is 5.05. The predicted octanol–water partition coefficient (Wildman–Crippen LogP) is 3.30. The first-order valence-electron chi connectivity index (χ1n) is 5.05. The van der Waals surface area contributed by atoms with Crippen LogP contribution in [0.15, 0.2) is 12.1 Å². The quantitative estimate of drug-likeness (QED) is 0.730. The summed E-state index contributed by atoms with van der Waals surface area (Å²) in [7, 11) is 0. The molecule has 1 heterocycles. The third-order valence-electron chi connectivity index (χ3n) is 2.77. The summed E-state index contributed by atoms with van der Waals surface area (Å²) in [5.74, 6) is 0.550. The zero-order chi connectivity index (χ0) is 10.3. The summed E-state index contributed by atoms with van der Waals surface area (Å²) >= 11 is 0. The van der Waals surface area contributed by atoms with Crippen LogP contribution in [-0.4, -0.2) is 10.2 Å². The molecule has 0 atom stereocenters. The van der Waals surface area contributed by atoms with Gasteiger partial charge in [0.1, 0.15) is 0 Å². The molecule has 0 saturated carbocycles. The number of hydrogen-bond acceptors (Lipinski definition) is 1. The van der Waals surface area contributed by atoms with E-state index in [1.807, 2.05) is 0 Å². The Labute approximate surface area is 84.3 Å². The van der Waals surface area contributed by atoms with Crippen LogP contribution in [0, 0.1) is 13.8 Å². The average Bonchev–Trinajstić information content (AvgIpc) is 2.50. The van der Waals surface area contributed by atoms with E-state index in [2.05, 4.69) is 50.0 Å². The molecule has 0 fully saturated rings. The molecule has 0 bridgehead atoms. The van der Waals surface area contributed by atoms with Gasteiger partial charge in [-0.05, 0) is 30.9 Å². The standard InChI is InChI=1S/C12H16N2/c1-7(2)10-6-5-8(3)12-11(10)9(4)13-14-12/h5-7H,1-4H3,(H,13,14). The van der Waals surface area contributed by atoms with E-state index in [-0.39, 0.29) is 0 Å². The molecule has 2 nitrogen and oxygen atoms in total. The molecule has 0 radical (unpaired) electrons. The van der Waals surface area contributed by atoms with Crippen LogP contribution >= 0.6 is 0 Å². The Morgan fingerprint density at radius 2 is 1.93 bits per heavy atom. The summed E-state index contributed by atoms with van der Waals surface area (Å²) in [6.45, 7) is 8.61. The summed E-state index contributed by atoms with van der Waals surface area (Å²) in [6, 6.07) is 4.38. The number of fused-ring (bicyclic) bond motifs is 1. The third kappa shape index (κ3) is 1.22. The number of aryl methyl sites for hydroxylation is 2. The molecule has 0 aliphatic carbocycles. The zero-order valence-electron chi connectivity index (χ0n) is 9.18. The van der Waals surface area contributed by atoms with Crippen molar-refractivity contribution in [3.05, 3.63) is 29.0 Å². The number of nitrogens with zero attached hydrogens (tertiary/aromatic N) is 1. The van der Waals surface area contributed by atoms with Gasteiger partial charge in [0.15, 0.2) is 0 Å². The molecule has 0 spiro atoms. The maximum Gasteiger partial charge on any atom is 0.0685 e. The van der Waals surface area contributed by atoms with Crippen LogP contribution < -0.4 is 0 Å². The Morgan fingerprint density at radius 3 is 2.57 bits per heavy atom. The largest absolute Gasteiger partial charge is 0.277 e. The molecular formula is C12H16N2. The maximum absolute atomic E-state index is 4.27. The van der Waals surface area contributed by atoms with Crippen molar-refractivity contribution < 1.29 is 0 Å². The highest BCUT2D eigenvalue weighted by Gasteiger charge is 2.11. The molecular weight excluding hydrogens is 172 g/mol. The van der Waals surface area contributed by atoms with Gasteiger partial charge in [-0.25, -0.2) is 0 Å². The zero-order valence-corrected chi connectivity index (χ0v) is 9.18. The van der Waals surface area contributed by atoms with E-state index < -0.39 is 0 Å². The molecule has 0 saturated heterocycles.